The molecular weight excluding hydrogens is 132 g/mol. The third kappa shape index (κ3) is 1.29. The van der Waals surface area contributed by atoms with E-state index in [-0.39, 0.29) is 0 Å². The number of anilines is 1. The normalized spacial score (nSPS) is 8.90. The summed E-state index contributed by atoms with van der Waals surface area (Å²) in [6.07, 6.45) is 0. The van der Waals surface area contributed by atoms with Crippen LogP contribution in [0.2, 0.25) is 0 Å². The number of nitrogens with zero attached hydrogens (tertiary/aromatic N) is 1. The van der Waals surface area contributed by atoms with Crippen molar-refractivity contribution in [1.29, 1.82) is 0 Å². The Hall–Kier alpha value is -1.42. The number of benzene rings is 1. The van der Waals surface area contributed by atoms with Crippen molar-refractivity contribution >= 4 is 11.4 Å². The van der Waals surface area contributed by atoms with Crippen molar-refractivity contribution in [2.24, 2.45) is 5.18 Å². The van der Waals surface area contributed by atoms with E-state index in [1.54, 1.807) is 12.1 Å². The van der Waals surface area contributed by atoms with Crippen LogP contribution in [0, 0.1) is 4.91 Å². The molecule has 0 spiro atoms. The fraction of sp³-hybridized carbons (Fsp3) is 0. The van der Waals surface area contributed by atoms with Crippen LogP contribution in [0.3, 0.4) is 0 Å². The van der Waals surface area contributed by atoms with Crippen molar-refractivity contribution in [3.8, 4) is 0 Å². The molecule has 0 aliphatic carbocycles. The van der Waals surface area contributed by atoms with Gasteiger partial charge in [0.1, 0.15) is 5.69 Å². The lowest BCUT2D eigenvalue weighted by Crippen LogP contribution is -1.86. The van der Waals surface area contributed by atoms with Gasteiger partial charge in [-0.15, -0.1) is 4.91 Å². The molecule has 52 valence electrons. The second kappa shape index (κ2) is 2.93. The minimum absolute atomic E-state index is 0.346. The van der Waals surface area contributed by atoms with E-state index in [2.05, 4.69) is 5.18 Å². The van der Waals surface area contributed by atoms with Crippen LogP contribution in [-0.2, 0) is 0 Å². The molecule has 1 rings (SSSR count). The Bertz CT molecular complexity index is 220. The Morgan fingerprint density at radius 2 is 1.90 bits per heavy atom. The van der Waals surface area contributed by atoms with Gasteiger partial charge < -0.3 is 0 Å². The molecule has 0 radical (unpaired) electrons. The van der Waals surface area contributed by atoms with Crippen LogP contribution in [0.5, 0.6) is 0 Å². The molecule has 0 unspecified atom stereocenters. The van der Waals surface area contributed by atoms with Gasteiger partial charge in [-0.1, -0.05) is 0 Å². The smallest absolute Gasteiger partial charge is 0.108 e. The summed E-state index contributed by atoms with van der Waals surface area (Å²) in [4.78, 5) is 9.87. The molecule has 0 heterocycles. The highest BCUT2D eigenvalue weighted by Gasteiger charge is 1.89. The molecule has 1 aromatic carbocycles. The number of rotatable bonds is 2. The predicted molar refractivity (Wildman–Crippen MR) is 37.3 cm³/mol. The molecule has 0 fully saturated rings. The highest BCUT2D eigenvalue weighted by atomic mass is 16.5. The Kier molecular flexibility index (Phi) is 1.96. The number of hydrogen-bond acceptors (Lipinski definition) is 4. The van der Waals surface area contributed by atoms with E-state index in [4.69, 9.17) is 5.21 Å². The van der Waals surface area contributed by atoms with Crippen molar-refractivity contribution in [1.82, 2.24) is 0 Å². The van der Waals surface area contributed by atoms with Crippen molar-refractivity contribution in [2.75, 3.05) is 5.48 Å². The lowest BCUT2D eigenvalue weighted by atomic mass is 10.3. The second-order valence-corrected chi connectivity index (χ2v) is 1.75. The van der Waals surface area contributed by atoms with Crippen LogP contribution < -0.4 is 5.48 Å². The molecule has 4 nitrogen and oxygen atoms in total. The van der Waals surface area contributed by atoms with E-state index in [0.717, 1.165) is 0 Å². The van der Waals surface area contributed by atoms with Crippen LogP contribution >= 0.6 is 0 Å². The van der Waals surface area contributed by atoms with Gasteiger partial charge in [-0.05, 0) is 29.4 Å². The van der Waals surface area contributed by atoms with Gasteiger partial charge in [-0.3, -0.25) is 10.7 Å². The monoisotopic (exact) mass is 138 g/mol. The van der Waals surface area contributed by atoms with Gasteiger partial charge in [0.15, 0.2) is 0 Å². The zero-order valence-corrected chi connectivity index (χ0v) is 5.11. The molecule has 0 saturated carbocycles. The Morgan fingerprint density at radius 3 is 2.30 bits per heavy atom. The first-order valence-electron chi connectivity index (χ1n) is 2.70. The largest absolute Gasteiger partial charge is 0.291 e. The van der Waals surface area contributed by atoms with E-state index in [1.165, 1.54) is 12.1 Å². The van der Waals surface area contributed by atoms with Gasteiger partial charge >= 0.3 is 0 Å². The fourth-order valence-corrected chi connectivity index (χ4v) is 0.597. The molecule has 0 aliphatic rings. The van der Waals surface area contributed by atoms with Gasteiger partial charge in [0.2, 0.25) is 0 Å². The second-order valence-electron chi connectivity index (χ2n) is 1.75. The zero-order valence-electron chi connectivity index (χ0n) is 5.11. The summed E-state index contributed by atoms with van der Waals surface area (Å²) in [6.45, 7) is 0. The molecule has 0 atom stereocenters. The van der Waals surface area contributed by atoms with E-state index < -0.39 is 0 Å². The van der Waals surface area contributed by atoms with Crippen molar-refractivity contribution in [2.45, 2.75) is 0 Å². The Morgan fingerprint density at radius 1 is 1.30 bits per heavy atom. The van der Waals surface area contributed by atoms with Crippen molar-refractivity contribution in [3.63, 3.8) is 0 Å². The minimum atomic E-state index is 0.346. The molecule has 0 bridgehead atoms. The SMILES string of the molecule is O=Nc1ccc(NO)cc1. The van der Waals surface area contributed by atoms with Crippen LogP contribution in [0.15, 0.2) is 29.4 Å². The van der Waals surface area contributed by atoms with Gasteiger partial charge in [-0.2, -0.15) is 0 Å². The quantitative estimate of drug-likeness (QED) is 0.484. The minimum Gasteiger partial charge on any atom is -0.291 e. The van der Waals surface area contributed by atoms with E-state index in [9.17, 15) is 4.91 Å². The van der Waals surface area contributed by atoms with Crippen LogP contribution in [0.1, 0.15) is 0 Å². The summed E-state index contributed by atoms with van der Waals surface area (Å²) in [5, 5.41) is 11.0. The average Bonchev–Trinajstić information content (AvgIpc) is 2.05. The lowest BCUT2D eigenvalue weighted by molar-refractivity contribution is 0.389. The molecule has 2 N–H and O–H groups in total. The first-order valence-corrected chi connectivity index (χ1v) is 2.70. The van der Waals surface area contributed by atoms with Crippen LogP contribution in [-0.4, -0.2) is 5.21 Å². The first kappa shape index (κ1) is 6.70. The summed E-state index contributed by atoms with van der Waals surface area (Å²) < 4.78 is 0. The topological polar surface area (TPSA) is 61.7 Å². The molecule has 4 heteroatoms. The highest BCUT2D eigenvalue weighted by Crippen LogP contribution is 2.14. The lowest BCUT2D eigenvalue weighted by Gasteiger charge is -1.95. The summed E-state index contributed by atoms with van der Waals surface area (Å²) in [7, 11) is 0. The summed E-state index contributed by atoms with van der Waals surface area (Å²) in [5.74, 6) is 0. The molecule has 1 aromatic rings. The maximum absolute atomic E-state index is 9.87. The highest BCUT2D eigenvalue weighted by molar-refractivity contribution is 5.49. The number of nitrogens with one attached hydrogen (secondary N) is 1. The molecular formula is C6H6N2O2. The third-order valence-corrected chi connectivity index (χ3v) is 1.10. The fourth-order valence-electron chi connectivity index (χ4n) is 0.597. The molecule has 0 aliphatic heterocycles. The van der Waals surface area contributed by atoms with E-state index >= 15 is 0 Å². The van der Waals surface area contributed by atoms with E-state index in [0.29, 0.717) is 11.4 Å². The summed E-state index contributed by atoms with van der Waals surface area (Å²) >= 11 is 0. The third-order valence-electron chi connectivity index (χ3n) is 1.10. The summed E-state index contributed by atoms with van der Waals surface area (Å²) in [6, 6.07) is 6.12. The molecule has 0 amide bonds. The maximum Gasteiger partial charge on any atom is 0.108 e. The standard InChI is InChI=1S/C6H6N2O2/c9-7-5-1-2-6(8-10)4-3-5/h1-4,7,9H. The summed E-state index contributed by atoms with van der Waals surface area (Å²) in [5.41, 5.74) is 2.82. The van der Waals surface area contributed by atoms with Crippen LogP contribution in [0.4, 0.5) is 11.4 Å². The molecule has 0 aromatic heterocycles. The van der Waals surface area contributed by atoms with Gasteiger partial charge in [0.05, 0.1) is 5.69 Å². The number of nitroso groups, excluding NO2 is 1. The van der Waals surface area contributed by atoms with Crippen molar-refractivity contribution < 1.29 is 5.21 Å². The van der Waals surface area contributed by atoms with Gasteiger partial charge in [0.25, 0.3) is 0 Å². The Labute approximate surface area is 57.4 Å². The van der Waals surface area contributed by atoms with E-state index in [1.807, 2.05) is 5.48 Å². The predicted octanol–water partition coefficient (Wildman–Crippen LogP) is 1.89. The van der Waals surface area contributed by atoms with Gasteiger partial charge in [-0.25, -0.2) is 0 Å². The first-order chi connectivity index (χ1) is 4.86. The van der Waals surface area contributed by atoms with Crippen molar-refractivity contribution in [3.05, 3.63) is 29.2 Å². The average molecular weight is 138 g/mol. The van der Waals surface area contributed by atoms with Crippen LogP contribution in [0.25, 0.3) is 0 Å². The molecule has 10 heavy (non-hydrogen) atoms. The molecule has 0 saturated heterocycles. The number of hydrogen-bond donors (Lipinski definition) is 2. The zero-order chi connectivity index (χ0) is 7.40. The Balaban J connectivity index is 2.90. The van der Waals surface area contributed by atoms with Gasteiger partial charge in [0, 0.05) is 0 Å². The maximum atomic E-state index is 9.87.